The number of carbonyl (C=O) groups is 1. The largest absolute Gasteiger partial charge is 0.345 e. The minimum atomic E-state index is -0.236. The number of amides is 1. The Balaban J connectivity index is 1.56. The first-order valence-electron chi connectivity index (χ1n) is 10.3. The lowest BCUT2D eigenvalue weighted by molar-refractivity contribution is 0.0740. The molecular formula is C26H25FN2O. The Bertz CT molecular complexity index is 1160. The van der Waals surface area contributed by atoms with E-state index >= 15 is 0 Å². The molecule has 0 radical (unpaired) electrons. The highest BCUT2D eigenvalue weighted by Gasteiger charge is 2.17. The minimum Gasteiger partial charge on any atom is -0.345 e. The Morgan fingerprint density at radius 3 is 2.57 bits per heavy atom. The number of hydrogen-bond donors (Lipinski definition) is 0. The average molecular weight is 400 g/mol. The predicted octanol–water partition coefficient (Wildman–Crippen LogP) is 5.88. The van der Waals surface area contributed by atoms with Gasteiger partial charge in [-0.05, 0) is 59.2 Å². The van der Waals surface area contributed by atoms with Crippen LogP contribution >= 0.6 is 0 Å². The summed E-state index contributed by atoms with van der Waals surface area (Å²) in [4.78, 5) is 15.2. The van der Waals surface area contributed by atoms with E-state index in [1.165, 1.54) is 6.07 Å². The first-order valence-corrected chi connectivity index (χ1v) is 10.3. The van der Waals surface area contributed by atoms with Gasteiger partial charge >= 0.3 is 0 Å². The van der Waals surface area contributed by atoms with Gasteiger partial charge in [-0.1, -0.05) is 49.4 Å². The second kappa shape index (κ2) is 8.95. The molecule has 4 rings (SSSR count). The van der Waals surface area contributed by atoms with E-state index in [-0.39, 0.29) is 11.7 Å². The van der Waals surface area contributed by atoms with Gasteiger partial charge in [0, 0.05) is 30.5 Å². The quantitative estimate of drug-likeness (QED) is 0.380. The van der Waals surface area contributed by atoms with Gasteiger partial charge in [0.25, 0.3) is 5.91 Å². The lowest BCUT2D eigenvalue weighted by Gasteiger charge is -2.23. The van der Waals surface area contributed by atoms with E-state index in [4.69, 9.17) is 0 Å². The van der Waals surface area contributed by atoms with Crippen molar-refractivity contribution < 1.29 is 9.18 Å². The number of carbonyl (C=O) groups excluding carboxylic acids is 1. The molecule has 152 valence electrons. The number of hydrogen-bond acceptors (Lipinski definition) is 1. The molecule has 0 saturated heterocycles. The van der Waals surface area contributed by atoms with Crippen molar-refractivity contribution in [2.75, 3.05) is 6.54 Å². The van der Waals surface area contributed by atoms with Gasteiger partial charge in [0.15, 0.2) is 0 Å². The third-order valence-electron chi connectivity index (χ3n) is 5.30. The summed E-state index contributed by atoms with van der Waals surface area (Å²) in [5, 5.41) is 2.19. The van der Waals surface area contributed by atoms with Gasteiger partial charge in [0.05, 0.1) is 6.54 Å². The minimum absolute atomic E-state index is 0.0288. The summed E-state index contributed by atoms with van der Waals surface area (Å²) in [6, 6.07) is 24.6. The first kappa shape index (κ1) is 19.9. The van der Waals surface area contributed by atoms with E-state index in [2.05, 4.69) is 11.5 Å². The molecule has 3 nitrogen and oxygen atoms in total. The van der Waals surface area contributed by atoms with Crippen LogP contribution in [0.15, 0.2) is 85.1 Å². The Labute approximate surface area is 176 Å². The van der Waals surface area contributed by atoms with Crippen LogP contribution in [-0.2, 0) is 13.1 Å². The summed E-state index contributed by atoms with van der Waals surface area (Å²) in [7, 11) is 0. The van der Waals surface area contributed by atoms with Crippen molar-refractivity contribution in [1.29, 1.82) is 0 Å². The van der Waals surface area contributed by atoms with Gasteiger partial charge in [-0.3, -0.25) is 4.79 Å². The van der Waals surface area contributed by atoms with E-state index < -0.39 is 0 Å². The Morgan fingerprint density at radius 2 is 1.77 bits per heavy atom. The molecule has 4 heteroatoms. The first-order chi connectivity index (χ1) is 14.6. The topological polar surface area (TPSA) is 25.2 Å². The molecule has 30 heavy (non-hydrogen) atoms. The Kier molecular flexibility index (Phi) is 5.94. The molecule has 4 aromatic rings. The van der Waals surface area contributed by atoms with Crippen LogP contribution in [-0.4, -0.2) is 21.9 Å². The molecule has 0 aliphatic rings. The van der Waals surface area contributed by atoms with E-state index in [0.29, 0.717) is 25.2 Å². The molecule has 0 saturated carbocycles. The van der Waals surface area contributed by atoms with Crippen molar-refractivity contribution in [2.45, 2.75) is 26.4 Å². The van der Waals surface area contributed by atoms with Crippen LogP contribution in [0.4, 0.5) is 4.39 Å². The van der Waals surface area contributed by atoms with Crippen LogP contribution in [0.25, 0.3) is 10.8 Å². The predicted molar refractivity (Wildman–Crippen MR) is 119 cm³/mol. The zero-order valence-corrected chi connectivity index (χ0v) is 17.1. The molecule has 1 heterocycles. The SMILES string of the molecule is CCCN(Cc1cccn1Cc1cccc(F)c1)C(=O)c1ccc2ccccc2c1. The number of halogens is 1. The van der Waals surface area contributed by atoms with Gasteiger partial charge in [0.2, 0.25) is 0 Å². The Morgan fingerprint density at radius 1 is 0.933 bits per heavy atom. The standard InChI is InChI=1S/C26H25FN2O/c1-2-14-29(26(30)23-13-12-21-8-3-4-9-22(21)17-23)19-25-11-6-15-28(25)18-20-7-5-10-24(27)16-20/h3-13,15-17H,2,14,18-19H2,1H3. The van der Waals surface area contributed by atoms with Crippen molar-refractivity contribution in [3.05, 3.63) is 108 Å². The zero-order chi connectivity index (χ0) is 20.9. The van der Waals surface area contributed by atoms with Crippen molar-refractivity contribution in [3.8, 4) is 0 Å². The maximum Gasteiger partial charge on any atom is 0.254 e. The molecular weight excluding hydrogens is 375 g/mol. The monoisotopic (exact) mass is 400 g/mol. The fourth-order valence-electron chi connectivity index (χ4n) is 3.80. The maximum atomic E-state index is 13.5. The summed E-state index contributed by atoms with van der Waals surface area (Å²) in [6.45, 7) is 3.84. The Hall–Kier alpha value is -3.40. The summed E-state index contributed by atoms with van der Waals surface area (Å²) in [5.41, 5.74) is 2.63. The van der Waals surface area contributed by atoms with Gasteiger partial charge in [-0.25, -0.2) is 4.39 Å². The van der Waals surface area contributed by atoms with Crippen molar-refractivity contribution >= 4 is 16.7 Å². The molecule has 1 amide bonds. The number of rotatable bonds is 7. The van der Waals surface area contributed by atoms with Crippen molar-refractivity contribution in [2.24, 2.45) is 0 Å². The fraction of sp³-hybridized carbons (Fsp3) is 0.192. The van der Waals surface area contributed by atoms with Crippen LogP contribution in [0, 0.1) is 5.82 Å². The third kappa shape index (κ3) is 4.43. The summed E-state index contributed by atoms with van der Waals surface area (Å²) in [6.07, 6.45) is 2.86. The molecule has 0 aliphatic carbocycles. The second-order valence-electron chi connectivity index (χ2n) is 7.55. The molecule has 3 aromatic carbocycles. The molecule has 0 unspecified atom stereocenters. The van der Waals surface area contributed by atoms with Crippen LogP contribution in [0.5, 0.6) is 0 Å². The summed E-state index contributed by atoms with van der Waals surface area (Å²) < 4.78 is 15.6. The van der Waals surface area contributed by atoms with Gasteiger partial charge in [-0.15, -0.1) is 0 Å². The van der Waals surface area contributed by atoms with E-state index in [0.717, 1.165) is 28.5 Å². The molecule has 1 aromatic heterocycles. The van der Waals surface area contributed by atoms with E-state index in [1.54, 1.807) is 12.1 Å². The second-order valence-corrected chi connectivity index (χ2v) is 7.55. The van der Waals surface area contributed by atoms with Gasteiger partial charge < -0.3 is 9.47 Å². The van der Waals surface area contributed by atoms with Crippen molar-refractivity contribution in [1.82, 2.24) is 9.47 Å². The van der Waals surface area contributed by atoms with E-state index in [9.17, 15) is 9.18 Å². The molecule has 0 fully saturated rings. The average Bonchev–Trinajstić information content (AvgIpc) is 3.19. The molecule has 0 bridgehead atoms. The maximum absolute atomic E-state index is 13.5. The number of aromatic nitrogens is 1. The zero-order valence-electron chi connectivity index (χ0n) is 17.1. The van der Waals surface area contributed by atoms with Crippen LogP contribution < -0.4 is 0 Å². The fourth-order valence-corrected chi connectivity index (χ4v) is 3.80. The lowest BCUT2D eigenvalue weighted by atomic mass is 10.1. The van der Waals surface area contributed by atoms with Crippen LogP contribution in [0.3, 0.4) is 0 Å². The summed E-state index contributed by atoms with van der Waals surface area (Å²) in [5.74, 6) is -0.207. The molecule has 0 N–H and O–H groups in total. The van der Waals surface area contributed by atoms with Gasteiger partial charge in [-0.2, -0.15) is 0 Å². The third-order valence-corrected chi connectivity index (χ3v) is 5.30. The number of benzene rings is 3. The highest BCUT2D eigenvalue weighted by Crippen LogP contribution is 2.19. The highest BCUT2D eigenvalue weighted by atomic mass is 19.1. The lowest BCUT2D eigenvalue weighted by Crippen LogP contribution is -2.32. The van der Waals surface area contributed by atoms with Crippen molar-refractivity contribution in [3.63, 3.8) is 0 Å². The molecule has 0 atom stereocenters. The summed E-state index contributed by atoms with van der Waals surface area (Å²) >= 11 is 0. The van der Waals surface area contributed by atoms with Gasteiger partial charge in [0.1, 0.15) is 5.82 Å². The number of fused-ring (bicyclic) bond motifs is 1. The normalized spacial score (nSPS) is 11.0. The van der Waals surface area contributed by atoms with Crippen LogP contribution in [0.1, 0.15) is 35.0 Å². The van der Waals surface area contributed by atoms with E-state index in [1.807, 2.05) is 71.8 Å². The van der Waals surface area contributed by atoms with Crippen LogP contribution in [0.2, 0.25) is 0 Å². The number of nitrogens with zero attached hydrogens (tertiary/aromatic N) is 2. The highest BCUT2D eigenvalue weighted by molar-refractivity contribution is 5.98. The molecule has 0 aliphatic heterocycles. The smallest absolute Gasteiger partial charge is 0.254 e. The molecule has 0 spiro atoms.